The van der Waals surface area contributed by atoms with Crippen LogP contribution >= 0.6 is 0 Å². The Hall–Kier alpha value is -1.03. The molecule has 1 saturated heterocycles. The van der Waals surface area contributed by atoms with Gasteiger partial charge in [-0.25, -0.2) is 0 Å². The maximum absolute atomic E-state index is 12.9. The lowest BCUT2D eigenvalue weighted by atomic mass is 9.68. The summed E-state index contributed by atoms with van der Waals surface area (Å²) in [4.78, 5) is 0. The minimum absolute atomic E-state index is 0.131. The van der Waals surface area contributed by atoms with Crippen molar-refractivity contribution < 1.29 is 13.2 Å². The number of nitrogens with one attached hydrogen (secondary N) is 1. The minimum Gasteiger partial charge on any atom is -0.307 e. The van der Waals surface area contributed by atoms with Gasteiger partial charge in [0.2, 0.25) is 0 Å². The maximum Gasteiger partial charge on any atom is 0.416 e. The lowest BCUT2D eigenvalue weighted by molar-refractivity contribution is -0.137. The second kappa shape index (κ2) is 4.51. The summed E-state index contributed by atoms with van der Waals surface area (Å²) in [7, 11) is 0. The Bertz CT molecular complexity index is 451. The highest BCUT2D eigenvalue weighted by Crippen LogP contribution is 2.46. The standard InChI is InChI=1S/C15H20F3N/c1-13(2,3)14(8-5-9-19-14)11-6-4-7-12(10-11)15(16,17)18/h4,6-7,10,19H,5,8-9H2,1-3H3. The number of alkyl halides is 3. The van der Waals surface area contributed by atoms with Gasteiger partial charge in [0.1, 0.15) is 0 Å². The molecule has 1 aliphatic heterocycles. The molecule has 1 aromatic carbocycles. The first-order chi connectivity index (χ1) is 8.67. The van der Waals surface area contributed by atoms with Crippen molar-refractivity contribution in [3.05, 3.63) is 35.4 Å². The Morgan fingerprint density at radius 2 is 1.84 bits per heavy atom. The van der Waals surface area contributed by atoms with Crippen molar-refractivity contribution in [2.24, 2.45) is 5.41 Å². The maximum atomic E-state index is 12.9. The lowest BCUT2D eigenvalue weighted by Crippen LogP contribution is -2.48. The molecule has 1 aliphatic rings. The molecule has 0 saturated carbocycles. The van der Waals surface area contributed by atoms with E-state index in [0.717, 1.165) is 31.0 Å². The van der Waals surface area contributed by atoms with Gasteiger partial charge in [0, 0.05) is 5.54 Å². The molecule has 1 atom stereocenters. The monoisotopic (exact) mass is 271 g/mol. The van der Waals surface area contributed by atoms with Crippen LogP contribution in [-0.4, -0.2) is 6.54 Å². The van der Waals surface area contributed by atoms with Crippen molar-refractivity contribution in [2.75, 3.05) is 6.54 Å². The summed E-state index contributed by atoms with van der Waals surface area (Å²) < 4.78 is 38.6. The van der Waals surface area contributed by atoms with Crippen LogP contribution in [0.1, 0.15) is 44.7 Å². The summed E-state index contributed by atoms with van der Waals surface area (Å²) in [5.41, 5.74) is -0.322. The fourth-order valence-electron chi connectivity index (χ4n) is 3.02. The molecule has 1 nitrogen and oxygen atoms in total. The van der Waals surface area contributed by atoms with Gasteiger partial charge in [-0.1, -0.05) is 32.9 Å². The third-order valence-corrected chi connectivity index (χ3v) is 4.12. The first-order valence-electron chi connectivity index (χ1n) is 6.60. The van der Waals surface area contributed by atoms with Crippen molar-refractivity contribution in [1.82, 2.24) is 5.32 Å². The Morgan fingerprint density at radius 3 is 2.32 bits per heavy atom. The highest BCUT2D eigenvalue weighted by Gasteiger charge is 2.46. The van der Waals surface area contributed by atoms with Gasteiger partial charge < -0.3 is 5.32 Å². The molecule has 1 heterocycles. The molecule has 106 valence electrons. The Kier molecular flexibility index (Phi) is 3.42. The number of hydrogen-bond donors (Lipinski definition) is 1. The van der Waals surface area contributed by atoms with Crippen LogP contribution in [0.2, 0.25) is 0 Å². The summed E-state index contributed by atoms with van der Waals surface area (Å²) in [6.45, 7) is 7.08. The molecule has 2 rings (SSSR count). The van der Waals surface area contributed by atoms with E-state index in [9.17, 15) is 13.2 Å². The molecule has 1 N–H and O–H groups in total. The summed E-state index contributed by atoms with van der Waals surface area (Å²) in [6, 6.07) is 5.74. The zero-order valence-corrected chi connectivity index (χ0v) is 11.6. The van der Waals surface area contributed by atoms with Crippen molar-refractivity contribution in [3.63, 3.8) is 0 Å². The molecule has 1 aromatic rings. The van der Waals surface area contributed by atoms with Gasteiger partial charge in [0.25, 0.3) is 0 Å². The van der Waals surface area contributed by atoms with Gasteiger partial charge in [-0.3, -0.25) is 0 Å². The molecular formula is C15H20F3N. The van der Waals surface area contributed by atoms with Crippen LogP contribution in [0.15, 0.2) is 24.3 Å². The molecule has 0 spiro atoms. The van der Waals surface area contributed by atoms with E-state index in [-0.39, 0.29) is 11.0 Å². The van der Waals surface area contributed by atoms with Crippen molar-refractivity contribution in [3.8, 4) is 0 Å². The van der Waals surface area contributed by atoms with Crippen LogP contribution in [0.25, 0.3) is 0 Å². The van der Waals surface area contributed by atoms with Gasteiger partial charge in [-0.05, 0) is 42.5 Å². The number of rotatable bonds is 1. The van der Waals surface area contributed by atoms with E-state index < -0.39 is 11.7 Å². The summed E-state index contributed by atoms with van der Waals surface area (Å²) in [5.74, 6) is 0. The third kappa shape index (κ3) is 2.50. The predicted octanol–water partition coefficient (Wildman–Crippen LogP) is 4.33. The molecule has 4 heteroatoms. The number of hydrogen-bond acceptors (Lipinski definition) is 1. The summed E-state index contributed by atoms with van der Waals surface area (Å²) in [5, 5.41) is 3.44. The average molecular weight is 271 g/mol. The number of halogens is 3. The Balaban J connectivity index is 2.50. The third-order valence-electron chi connectivity index (χ3n) is 4.12. The van der Waals surface area contributed by atoms with Crippen molar-refractivity contribution in [2.45, 2.75) is 45.3 Å². The van der Waals surface area contributed by atoms with Gasteiger partial charge in [-0.2, -0.15) is 13.2 Å². The largest absolute Gasteiger partial charge is 0.416 e. The van der Waals surface area contributed by atoms with E-state index >= 15 is 0 Å². The normalized spacial score (nSPS) is 24.7. The van der Waals surface area contributed by atoms with Crippen LogP contribution in [0.5, 0.6) is 0 Å². The second-order valence-corrected chi connectivity index (χ2v) is 6.26. The highest BCUT2D eigenvalue weighted by molar-refractivity contribution is 5.33. The lowest BCUT2D eigenvalue weighted by Gasteiger charge is -2.43. The average Bonchev–Trinajstić information content (AvgIpc) is 2.77. The zero-order chi connectivity index (χ0) is 14.3. The van der Waals surface area contributed by atoms with Crippen LogP contribution in [-0.2, 0) is 11.7 Å². The summed E-state index contributed by atoms with van der Waals surface area (Å²) >= 11 is 0. The van der Waals surface area contributed by atoms with E-state index in [4.69, 9.17) is 0 Å². The minimum atomic E-state index is -4.28. The molecule has 0 bridgehead atoms. The summed E-state index contributed by atoms with van der Waals surface area (Å²) in [6.07, 6.45) is -2.42. The molecule has 19 heavy (non-hydrogen) atoms. The van der Waals surface area contributed by atoms with Crippen LogP contribution < -0.4 is 5.32 Å². The molecular weight excluding hydrogens is 251 g/mol. The van der Waals surface area contributed by atoms with E-state index in [1.165, 1.54) is 12.1 Å². The van der Waals surface area contributed by atoms with Gasteiger partial charge in [0.05, 0.1) is 5.56 Å². The quantitative estimate of drug-likeness (QED) is 0.801. The van der Waals surface area contributed by atoms with Crippen molar-refractivity contribution >= 4 is 0 Å². The van der Waals surface area contributed by atoms with Gasteiger partial charge in [0.15, 0.2) is 0 Å². The van der Waals surface area contributed by atoms with E-state index in [2.05, 4.69) is 26.1 Å². The van der Waals surface area contributed by atoms with Gasteiger partial charge >= 0.3 is 6.18 Å². The number of benzene rings is 1. The van der Waals surface area contributed by atoms with Crippen molar-refractivity contribution in [1.29, 1.82) is 0 Å². The fourth-order valence-corrected chi connectivity index (χ4v) is 3.02. The predicted molar refractivity (Wildman–Crippen MR) is 69.8 cm³/mol. The molecule has 0 aromatic heterocycles. The van der Waals surface area contributed by atoms with Gasteiger partial charge in [-0.15, -0.1) is 0 Å². The SMILES string of the molecule is CC(C)(C)C1(c2cccc(C(F)(F)F)c2)CCCN1. The Labute approximate surface area is 112 Å². The Morgan fingerprint density at radius 1 is 1.16 bits per heavy atom. The molecule has 0 amide bonds. The second-order valence-electron chi connectivity index (χ2n) is 6.26. The van der Waals surface area contributed by atoms with E-state index in [0.29, 0.717) is 0 Å². The smallest absolute Gasteiger partial charge is 0.307 e. The van der Waals surface area contributed by atoms with E-state index in [1.807, 2.05) is 0 Å². The molecule has 1 fully saturated rings. The van der Waals surface area contributed by atoms with Crippen LogP contribution in [0, 0.1) is 5.41 Å². The van der Waals surface area contributed by atoms with Crippen LogP contribution in [0.4, 0.5) is 13.2 Å². The fraction of sp³-hybridized carbons (Fsp3) is 0.600. The van der Waals surface area contributed by atoms with E-state index in [1.54, 1.807) is 6.07 Å². The zero-order valence-electron chi connectivity index (χ0n) is 11.6. The molecule has 1 unspecified atom stereocenters. The molecule has 0 aliphatic carbocycles. The van der Waals surface area contributed by atoms with Crippen LogP contribution in [0.3, 0.4) is 0 Å². The molecule has 0 radical (unpaired) electrons. The first kappa shape index (κ1) is 14.4. The topological polar surface area (TPSA) is 12.0 Å². The highest BCUT2D eigenvalue weighted by atomic mass is 19.4. The first-order valence-corrected chi connectivity index (χ1v) is 6.60.